The molecule has 4 aromatic rings. The maximum Gasteiger partial charge on any atom is 0.269 e. The molecule has 16 nitrogen and oxygen atoms in total. The summed E-state index contributed by atoms with van der Waals surface area (Å²) in [6.45, 7) is 2.96. The summed E-state index contributed by atoms with van der Waals surface area (Å²) in [6, 6.07) is 9.91. The monoisotopic (exact) mass is 718 g/mol. The Balaban J connectivity index is 0.000000201. The van der Waals surface area contributed by atoms with E-state index in [0.717, 1.165) is 0 Å². The Bertz CT molecular complexity index is 2030. The molecule has 0 aliphatic carbocycles. The Labute approximate surface area is 300 Å². The molecule has 6 rings (SSSR count). The molecule has 2 aliphatic heterocycles. The third kappa shape index (κ3) is 8.81. The van der Waals surface area contributed by atoms with Crippen LogP contribution < -0.4 is 31.2 Å². The topological polar surface area (TPSA) is 190 Å². The van der Waals surface area contributed by atoms with Gasteiger partial charge in [-0.05, 0) is 37.1 Å². The number of aromatic nitrogens is 4. The molecule has 2 aromatic carbocycles. The SMILES string of the molecule is CNC(=O)C1CC(=O)CCN1CCn1c(=O)cnc2ccc(OC)cc21.CNC(=O)C1CC(O)CCN1CCn1c(=O)cnc2ccc(OC)cc21. The van der Waals surface area contributed by atoms with Gasteiger partial charge in [0.05, 0.1) is 66.9 Å². The molecule has 0 bridgehead atoms. The van der Waals surface area contributed by atoms with E-state index in [4.69, 9.17) is 9.47 Å². The Morgan fingerprint density at radius 1 is 0.769 bits per heavy atom. The second-order valence-corrected chi connectivity index (χ2v) is 12.7. The molecule has 4 heterocycles. The minimum absolute atomic E-state index is 0.0890. The van der Waals surface area contributed by atoms with E-state index in [-0.39, 0.29) is 41.2 Å². The predicted molar refractivity (Wildman–Crippen MR) is 193 cm³/mol. The fraction of sp³-hybridized carbons (Fsp3) is 0.472. The highest BCUT2D eigenvalue weighted by Gasteiger charge is 2.33. The quantitative estimate of drug-likeness (QED) is 0.202. The molecule has 2 aromatic heterocycles. The van der Waals surface area contributed by atoms with E-state index >= 15 is 0 Å². The number of amides is 2. The zero-order valence-electron chi connectivity index (χ0n) is 29.9. The van der Waals surface area contributed by atoms with E-state index in [0.29, 0.717) is 92.1 Å². The van der Waals surface area contributed by atoms with Crippen molar-refractivity contribution in [3.8, 4) is 11.5 Å². The number of aliphatic hydroxyl groups excluding tert-OH is 1. The summed E-state index contributed by atoms with van der Waals surface area (Å²) in [6.07, 6.45) is 3.79. The lowest BCUT2D eigenvalue weighted by molar-refractivity contribution is -0.134. The van der Waals surface area contributed by atoms with E-state index in [2.05, 4.69) is 20.6 Å². The molecule has 0 saturated carbocycles. The van der Waals surface area contributed by atoms with Crippen LogP contribution in [0.15, 0.2) is 58.4 Å². The number of ether oxygens (including phenoxy) is 2. The number of nitrogens with zero attached hydrogens (tertiary/aromatic N) is 6. The van der Waals surface area contributed by atoms with Crippen LogP contribution in [0.4, 0.5) is 0 Å². The molecule has 16 heteroatoms. The van der Waals surface area contributed by atoms with Gasteiger partial charge in [-0.15, -0.1) is 0 Å². The van der Waals surface area contributed by atoms with Crippen molar-refractivity contribution < 1.29 is 29.0 Å². The van der Waals surface area contributed by atoms with E-state index < -0.39 is 12.1 Å². The number of piperidine rings is 2. The van der Waals surface area contributed by atoms with Crippen LogP contribution in [-0.4, -0.2) is 124 Å². The Hall–Kier alpha value is -5.19. The number of carbonyl (C=O) groups excluding carboxylic acids is 3. The van der Waals surface area contributed by atoms with Gasteiger partial charge in [-0.1, -0.05) is 0 Å². The minimum atomic E-state index is -0.486. The van der Waals surface area contributed by atoms with E-state index in [1.165, 1.54) is 12.4 Å². The zero-order valence-corrected chi connectivity index (χ0v) is 29.9. The number of hydrogen-bond acceptors (Lipinski definition) is 12. The Morgan fingerprint density at radius 3 is 1.77 bits per heavy atom. The van der Waals surface area contributed by atoms with Gasteiger partial charge >= 0.3 is 0 Å². The number of fused-ring (bicyclic) bond motifs is 2. The second-order valence-electron chi connectivity index (χ2n) is 12.7. The first-order valence-electron chi connectivity index (χ1n) is 17.2. The van der Waals surface area contributed by atoms with Gasteiger partial charge in [-0.25, -0.2) is 9.97 Å². The number of benzene rings is 2. The molecular weight excluding hydrogens is 672 g/mol. The first-order chi connectivity index (χ1) is 25.1. The zero-order chi connectivity index (χ0) is 37.4. The summed E-state index contributed by atoms with van der Waals surface area (Å²) in [4.78, 5) is 73.0. The Kier molecular flexibility index (Phi) is 12.7. The van der Waals surface area contributed by atoms with Crippen molar-refractivity contribution in [1.82, 2.24) is 39.5 Å². The number of rotatable bonds is 10. The van der Waals surface area contributed by atoms with Gasteiger partial charge in [0.2, 0.25) is 11.8 Å². The molecule has 3 N–H and O–H groups in total. The van der Waals surface area contributed by atoms with Crippen LogP contribution >= 0.6 is 0 Å². The van der Waals surface area contributed by atoms with Crippen LogP contribution in [0.3, 0.4) is 0 Å². The largest absolute Gasteiger partial charge is 0.497 e. The van der Waals surface area contributed by atoms with Crippen molar-refractivity contribution in [2.75, 3.05) is 54.5 Å². The Morgan fingerprint density at radius 2 is 1.27 bits per heavy atom. The smallest absolute Gasteiger partial charge is 0.269 e. The van der Waals surface area contributed by atoms with Gasteiger partial charge in [0.1, 0.15) is 17.3 Å². The number of hydrogen-bond donors (Lipinski definition) is 3. The number of aliphatic hydroxyl groups is 1. The number of carbonyl (C=O) groups is 3. The molecule has 2 saturated heterocycles. The van der Waals surface area contributed by atoms with Gasteiger partial charge in [0.25, 0.3) is 11.1 Å². The first kappa shape index (κ1) is 38.1. The van der Waals surface area contributed by atoms with Crippen molar-refractivity contribution in [3.05, 3.63) is 69.5 Å². The van der Waals surface area contributed by atoms with Crippen LogP contribution in [0.2, 0.25) is 0 Å². The highest BCUT2D eigenvalue weighted by molar-refractivity contribution is 5.90. The maximum absolute atomic E-state index is 12.4. The van der Waals surface area contributed by atoms with E-state index in [9.17, 15) is 29.1 Å². The average Bonchev–Trinajstić information content (AvgIpc) is 3.17. The summed E-state index contributed by atoms with van der Waals surface area (Å²) in [7, 11) is 6.30. The standard InChI is InChI=1S/C18H24N4O4.C18H22N4O4/c2*1-19-18(25)16-9-12(23)5-6-21(16)7-8-22-15-10-13(26-2)3-4-14(15)20-11-17(22)24/h3-4,10-12,16,23H,5-9H2,1-2H3,(H,19,25);3-4,10-11,16H,5-9H2,1-2H3,(H,19,25). The fourth-order valence-electron chi connectivity index (χ4n) is 6.72. The third-order valence-electron chi connectivity index (χ3n) is 9.65. The lowest BCUT2D eigenvalue weighted by Crippen LogP contribution is -2.52. The summed E-state index contributed by atoms with van der Waals surface area (Å²) >= 11 is 0. The average molecular weight is 719 g/mol. The van der Waals surface area contributed by atoms with Crippen LogP contribution in [0, 0.1) is 0 Å². The van der Waals surface area contributed by atoms with Gasteiger partial charge in [-0.2, -0.15) is 0 Å². The lowest BCUT2D eigenvalue weighted by atomic mass is 9.99. The van der Waals surface area contributed by atoms with Gasteiger partial charge in [0.15, 0.2) is 0 Å². The van der Waals surface area contributed by atoms with Gasteiger partial charge in [0, 0.05) is 78.3 Å². The molecular formula is C36H46N8O8. The molecule has 2 fully saturated rings. The van der Waals surface area contributed by atoms with Crippen LogP contribution in [0.5, 0.6) is 11.5 Å². The molecule has 3 unspecified atom stereocenters. The van der Waals surface area contributed by atoms with Crippen molar-refractivity contribution in [2.45, 2.75) is 57.0 Å². The fourth-order valence-corrected chi connectivity index (χ4v) is 6.72. The molecule has 0 spiro atoms. The molecule has 3 atom stereocenters. The summed E-state index contributed by atoms with van der Waals surface area (Å²) < 4.78 is 13.8. The number of methoxy groups -OCH3 is 2. The van der Waals surface area contributed by atoms with Gasteiger partial charge in [-0.3, -0.25) is 33.8 Å². The van der Waals surface area contributed by atoms with E-state index in [1.54, 1.807) is 67.8 Å². The summed E-state index contributed by atoms with van der Waals surface area (Å²) in [5, 5.41) is 15.2. The molecule has 2 amide bonds. The molecule has 2 aliphatic rings. The number of nitrogens with one attached hydrogen (secondary N) is 2. The van der Waals surface area contributed by atoms with Crippen molar-refractivity contribution >= 4 is 39.7 Å². The highest BCUT2D eigenvalue weighted by Crippen LogP contribution is 2.21. The molecule has 52 heavy (non-hydrogen) atoms. The summed E-state index contributed by atoms with van der Waals surface area (Å²) in [5.41, 5.74) is 2.38. The van der Waals surface area contributed by atoms with Crippen LogP contribution in [0.1, 0.15) is 25.7 Å². The van der Waals surface area contributed by atoms with Crippen molar-refractivity contribution in [1.29, 1.82) is 0 Å². The number of ketones is 1. The summed E-state index contributed by atoms with van der Waals surface area (Å²) in [5.74, 6) is 1.10. The minimum Gasteiger partial charge on any atom is -0.497 e. The molecule has 0 radical (unpaired) electrons. The normalized spacial score (nSPS) is 19.5. The first-order valence-corrected chi connectivity index (χ1v) is 17.2. The third-order valence-corrected chi connectivity index (χ3v) is 9.65. The van der Waals surface area contributed by atoms with Crippen molar-refractivity contribution in [3.63, 3.8) is 0 Å². The number of likely N-dealkylation sites (tertiary alicyclic amines) is 2. The maximum atomic E-state index is 12.4. The van der Waals surface area contributed by atoms with Crippen LogP contribution in [-0.2, 0) is 27.5 Å². The second kappa shape index (κ2) is 17.4. The molecule has 278 valence electrons. The number of Topliss-reactive ketones (excluding diaryl/α,β-unsaturated/α-hetero) is 1. The highest BCUT2D eigenvalue weighted by atomic mass is 16.5. The van der Waals surface area contributed by atoms with E-state index in [1.807, 2.05) is 15.9 Å². The van der Waals surface area contributed by atoms with Gasteiger partial charge < -0.3 is 34.3 Å². The van der Waals surface area contributed by atoms with Crippen LogP contribution in [0.25, 0.3) is 22.1 Å². The number of likely N-dealkylation sites (N-methyl/N-ethyl adjacent to an activating group) is 2. The van der Waals surface area contributed by atoms with Crippen molar-refractivity contribution in [2.24, 2.45) is 0 Å². The predicted octanol–water partition coefficient (Wildman–Crippen LogP) is 0.161. The lowest BCUT2D eigenvalue weighted by Gasteiger charge is -2.36.